The predicted octanol–water partition coefficient (Wildman–Crippen LogP) is 3.29. The van der Waals surface area contributed by atoms with Gasteiger partial charge in [-0.1, -0.05) is 20.8 Å². The van der Waals surface area contributed by atoms with E-state index in [4.69, 9.17) is 4.74 Å². The monoisotopic (exact) mass is 296 g/mol. The van der Waals surface area contributed by atoms with Crippen LogP contribution in [-0.4, -0.2) is 49.3 Å². The lowest BCUT2D eigenvalue weighted by molar-refractivity contribution is -0.0110. The summed E-state index contributed by atoms with van der Waals surface area (Å²) in [6.07, 6.45) is 5.47. The highest BCUT2D eigenvalue weighted by Gasteiger charge is 2.32. The summed E-state index contributed by atoms with van der Waals surface area (Å²) in [6, 6.07) is 0.726. The van der Waals surface area contributed by atoms with Gasteiger partial charge >= 0.3 is 0 Å². The van der Waals surface area contributed by atoms with E-state index in [1.165, 1.54) is 25.7 Å². The average Bonchev–Trinajstić information content (AvgIpc) is 2.46. The molecule has 2 aliphatic rings. The van der Waals surface area contributed by atoms with Crippen molar-refractivity contribution in [2.45, 2.75) is 71.9 Å². The summed E-state index contributed by atoms with van der Waals surface area (Å²) in [4.78, 5) is 2.57. The third kappa shape index (κ3) is 4.94. The number of nitrogens with zero attached hydrogens (tertiary/aromatic N) is 1. The van der Waals surface area contributed by atoms with Crippen LogP contribution in [0.15, 0.2) is 0 Å². The maximum absolute atomic E-state index is 5.47. The molecular formula is C18H36N2O. The van der Waals surface area contributed by atoms with Gasteiger partial charge in [-0.2, -0.15) is 0 Å². The van der Waals surface area contributed by atoms with Crippen LogP contribution in [0, 0.1) is 11.3 Å². The van der Waals surface area contributed by atoms with Crippen molar-refractivity contribution in [2.75, 3.05) is 32.8 Å². The van der Waals surface area contributed by atoms with E-state index >= 15 is 0 Å². The standard InChI is InChI=1S/C18H36N2O/c1-17(2,3)15-6-8-16(9-7-15)19-14-18(4,5)20-10-12-21-13-11-20/h15-16,19H,6-14H2,1-5H3. The van der Waals surface area contributed by atoms with Crippen LogP contribution in [0.4, 0.5) is 0 Å². The molecule has 1 heterocycles. The summed E-state index contributed by atoms with van der Waals surface area (Å²) in [6.45, 7) is 16.9. The fourth-order valence-corrected chi connectivity index (χ4v) is 3.84. The van der Waals surface area contributed by atoms with Crippen LogP contribution in [0.1, 0.15) is 60.3 Å². The van der Waals surface area contributed by atoms with E-state index < -0.39 is 0 Å². The summed E-state index contributed by atoms with van der Waals surface area (Å²) >= 11 is 0. The van der Waals surface area contributed by atoms with Crippen LogP contribution in [-0.2, 0) is 4.74 Å². The quantitative estimate of drug-likeness (QED) is 0.861. The Morgan fingerprint density at radius 3 is 2.05 bits per heavy atom. The summed E-state index contributed by atoms with van der Waals surface area (Å²) < 4.78 is 5.47. The molecule has 0 bridgehead atoms. The molecule has 0 amide bonds. The minimum Gasteiger partial charge on any atom is -0.379 e. The van der Waals surface area contributed by atoms with E-state index in [0.717, 1.165) is 44.8 Å². The molecule has 0 aromatic heterocycles. The van der Waals surface area contributed by atoms with Gasteiger partial charge in [0.25, 0.3) is 0 Å². The molecule has 0 atom stereocenters. The Morgan fingerprint density at radius 2 is 1.52 bits per heavy atom. The second kappa shape index (κ2) is 6.97. The zero-order valence-electron chi connectivity index (χ0n) is 14.9. The first-order valence-corrected chi connectivity index (χ1v) is 8.85. The molecule has 0 aromatic rings. The zero-order valence-corrected chi connectivity index (χ0v) is 14.9. The molecule has 1 saturated carbocycles. The number of nitrogens with one attached hydrogen (secondary N) is 1. The van der Waals surface area contributed by atoms with Crippen molar-refractivity contribution < 1.29 is 4.74 Å². The van der Waals surface area contributed by atoms with Gasteiger partial charge in [-0.25, -0.2) is 0 Å². The fraction of sp³-hybridized carbons (Fsp3) is 1.00. The Balaban J connectivity index is 1.73. The summed E-state index contributed by atoms with van der Waals surface area (Å²) in [7, 11) is 0. The summed E-state index contributed by atoms with van der Waals surface area (Å²) in [5, 5.41) is 3.85. The SMILES string of the molecule is CC(C)(C)C1CCC(NCC(C)(C)N2CCOCC2)CC1. The molecule has 3 nitrogen and oxygen atoms in total. The average molecular weight is 296 g/mol. The normalized spacial score (nSPS) is 29.6. The lowest BCUT2D eigenvalue weighted by Crippen LogP contribution is -2.56. The van der Waals surface area contributed by atoms with Gasteiger partial charge in [0, 0.05) is 31.2 Å². The lowest BCUT2D eigenvalue weighted by Gasteiger charge is -2.43. The van der Waals surface area contributed by atoms with Crippen LogP contribution in [0.5, 0.6) is 0 Å². The molecule has 0 unspecified atom stereocenters. The molecule has 1 aliphatic carbocycles. The van der Waals surface area contributed by atoms with Crippen molar-refractivity contribution in [3.63, 3.8) is 0 Å². The molecular weight excluding hydrogens is 260 g/mol. The van der Waals surface area contributed by atoms with Crippen molar-refractivity contribution in [1.82, 2.24) is 10.2 Å². The molecule has 0 radical (unpaired) electrons. The Labute approximate surface area is 131 Å². The number of hydrogen-bond acceptors (Lipinski definition) is 3. The van der Waals surface area contributed by atoms with E-state index in [2.05, 4.69) is 44.8 Å². The molecule has 0 aromatic carbocycles. The second-order valence-corrected chi connectivity index (χ2v) is 8.71. The number of morpholine rings is 1. The van der Waals surface area contributed by atoms with Gasteiger partial charge in [0.05, 0.1) is 13.2 Å². The minimum absolute atomic E-state index is 0.241. The molecule has 1 N–H and O–H groups in total. The smallest absolute Gasteiger partial charge is 0.0594 e. The fourth-order valence-electron chi connectivity index (χ4n) is 3.84. The number of rotatable bonds is 4. The van der Waals surface area contributed by atoms with Crippen molar-refractivity contribution >= 4 is 0 Å². The first-order chi connectivity index (χ1) is 9.79. The van der Waals surface area contributed by atoms with Crippen LogP contribution >= 0.6 is 0 Å². The largest absolute Gasteiger partial charge is 0.379 e. The third-order valence-electron chi connectivity index (χ3n) is 5.64. The molecule has 2 fully saturated rings. The predicted molar refractivity (Wildman–Crippen MR) is 89.7 cm³/mol. The third-order valence-corrected chi connectivity index (χ3v) is 5.64. The molecule has 0 spiro atoms. The van der Waals surface area contributed by atoms with Crippen molar-refractivity contribution in [3.05, 3.63) is 0 Å². The van der Waals surface area contributed by atoms with Crippen LogP contribution in [0.3, 0.4) is 0 Å². The van der Waals surface area contributed by atoms with E-state index in [1.54, 1.807) is 0 Å². The minimum atomic E-state index is 0.241. The topological polar surface area (TPSA) is 24.5 Å². The highest BCUT2D eigenvalue weighted by molar-refractivity contribution is 4.89. The molecule has 2 rings (SSSR count). The van der Waals surface area contributed by atoms with Gasteiger partial charge in [-0.15, -0.1) is 0 Å². The second-order valence-electron chi connectivity index (χ2n) is 8.71. The summed E-state index contributed by atoms with van der Waals surface area (Å²) in [5.41, 5.74) is 0.725. The molecule has 21 heavy (non-hydrogen) atoms. The van der Waals surface area contributed by atoms with Gasteiger partial charge in [-0.3, -0.25) is 4.90 Å². The van der Waals surface area contributed by atoms with Gasteiger partial charge in [-0.05, 0) is 50.9 Å². The molecule has 124 valence electrons. The van der Waals surface area contributed by atoms with Crippen LogP contribution < -0.4 is 5.32 Å². The zero-order chi connectivity index (χ0) is 15.5. The molecule has 1 aliphatic heterocycles. The maximum Gasteiger partial charge on any atom is 0.0594 e. The Morgan fingerprint density at radius 1 is 0.952 bits per heavy atom. The van der Waals surface area contributed by atoms with Gasteiger partial charge in [0.15, 0.2) is 0 Å². The highest BCUT2D eigenvalue weighted by atomic mass is 16.5. The Kier molecular flexibility index (Phi) is 5.72. The van der Waals surface area contributed by atoms with Crippen LogP contribution in [0.2, 0.25) is 0 Å². The van der Waals surface area contributed by atoms with Gasteiger partial charge < -0.3 is 10.1 Å². The molecule has 1 saturated heterocycles. The highest BCUT2D eigenvalue weighted by Crippen LogP contribution is 2.37. The lowest BCUT2D eigenvalue weighted by atomic mass is 9.71. The van der Waals surface area contributed by atoms with E-state index in [9.17, 15) is 0 Å². The number of hydrogen-bond donors (Lipinski definition) is 1. The number of ether oxygens (including phenoxy) is 1. The first-order valence-electron chi connectivity index (χ1n) is 8.85. The first kappa shape index (κ1) is 17.2. The Hall–Kier alpha value is -0.120. The van der Waals surface area contributed by atoms with E-state index in [-0.39, 0.29) is 5.54 Å². The van der Waals surface area contributed by atoms with Gasteiger partial charge in [0.1, 0.15) is 0 Å². The van der Waals surface area contributed by atoms with Crippen molar-refractivity contribution in [3.8, 4) is 0 Å². The maximum atomic E-state index is 5.47. The van der Waals surface area contributed by atoms with Crippen molar-refractivity contribution in [1.29, 1.82) is 0 Å². The van der Waals surface area contributed by atoms with Crippen molar-refractivity contribution in [2.24, 2.45) is 11.3 Å². The van der Waals surface area contributed by atoms with Gasteiger partial charge in [0.2, 0.25) is 0 Å². The van der Waals surface area contributed by atoms with E-state index in [1.807, 2.05) is 0 Å². The van der Waals surface area contributed by atoms with E-state index in [0.29, 0.717) is 5.41 Å². The summed E-state index contributed by atoms with van der Waals surface area (Å²) in [5.74, 6) is 0.905. The molecule has 3 heteroatoms. The van der Waals surface area contributed by atoms with Crippen LogP contribution in [0.25, 0.3) is 0 Å². The Bertz CT molecular complexity index is 308.